The molecule has 0 aliphatic carbocycles. The second kappa shape index (κ2) is 6.83. The van der Waals surface area contributed by atoms with Crippen LogP contribution in [-0.4, -0.2) is 19.0 Å². The fraction of sp³-hybridized carbons (Fsp3) is 0.182. The third-order valence-electron chi connectivity index (χ3n) is 1.86. The van der Waals surface area contributed by atoms with E-state index in [4.69, 9.17) is 5.73 Å². The van der Waals surface area contributed by atoms with Crippen molar-refractivity contribution in [3.05, 3.63) is 44.9 Å². The molecule has 0 aliphatic rings. The van der Waals surface area contributed by atoms with Crippen LogP contribution < -0.4 is 11.1 Å². The van der Waals surface area contributed by atoms with Crippen LogP contribution >= 0.6 is 31.9 Å². The summed E-state index contributed by atoms with van der Waals surface area (Å²) in [5.74, 6) is -0.110. The Balaban J connectivity index is 2.63. The first-order valence-electron chi connectivity index (χ1n) is 4.73. The van der Waals surface area contributed by atoms with Crippen molar-refractivity contribution >= 4 is 37.8 Å². The molecule has 3 N–H and O–H groups in total. The van der Waals surface area contributed by atoms with Crippen molar-refractivity contribution in [2.45, 2.75) is 0 Å². The first-order valence-corrected chi connectivity index (χ1v) is 6.32. The molecule has 16 heavy (non-hydrogen) atoms. The highest BCUT2D eigenvalue weighted by molar-refractivity contribution is 9.11. The Labute approximate surface area is 111 Å². The van der Waals surface area contributed by atoms with Crippen LogP contribution in [0.15, 0.2) is 39.3 Å². The number of benzene rings is 1. The van der Waals surface area contributed by atoms with Gasteiger partial charge < -0.3 is 11.1 Å². The van der Waals surface area contributed by atoms with Crippen LogP contribution in [0.4, 0.5) is 0 Å². The summed E-state index contributed by atoms with van der Waals surface area (Å²) in [5.41, 5.74) is 5.90. The van der Waals surface area contributed by atoms with Gasteiger partial charge in [-0.25, -0.2) is 0 Å². The van der Waals surface area contributed by atoms with Crippen molar-refractivity contribution in [2.24, 2.45) is 5.73 Å². The molecule has 0 spiro atoms. The van der Waals surface area contributed by atoms with Crippen LogP contribution in [-0.2, 0) is 0 Å². The van der Waals surface area contributed by atoms with E-state index in [9.17, 15) is 4.79 Å². The molecule has 86 valence electrons. The Morgan fingerprint density at radius 3 is 2.75 bits per heavy atom. The van der Waals surface area contributed by atoms with Gasteiger partial charge in [-0.2, -0.15) is 0 Å². The van der Waals surface area contributed by atoms with Crippen LogP contribution in [0.1, 0.15) is 10.4 Å². The van der Waals surface area contributed by atoms with Crippen LogP contribution in [0.25, 0.3) is 0 Å². The molecule has 1 amide bonds. The van der Waals surface area contributed by atoms with E-state index >= 15 is 0 Å². The molecule has 0 bridgehead atoms. The molecule has 0 aromatic heterocycles. The van der Waals surface area contributed by atoms with Gasteiger partial charge in [0.05, 0.1) is 5.56 Å². The van der Waals surface area contributed by atoms with Crippen molar-refractivity contribution in [3.8, 4) is 0 Å². The molecule has 1 aromatic rings. The van der Waals surface area contributed by atoms with Gasteiger partial charge in [0.2, 0.25) is 0 Å². The number of nitrogens with two attached hydrogens (primary N) is 1. The fourth-order valence-electron chi connectivity index (χ4n) is 1.10. The lowest BCUT2D eigenvalue weighted by Crippen LogP contribution is -2.23. The van der Waals surface area contributed by atoms with Gasteiger partial charge in [0.1, 0.15) is 0 Å². The normalized spacial score (nSPS) is 10.7. The third kappa shape index (κ3) is 4.08. The second-order valence-electron chi connectivity index (χ2n) is 3.04. The zero-order chi connectivity index (χ0) is 12.0. The van der Waals surface area contributed by atoms with E-state index in [1.807, 2.05) is 18.2 Å². The number of rotatable bonds is 4. The van der Waals surface area contributed by atoms with Crippen LogP contribution in [0.3, 0.4) is 0 Å². The predicted molar refractivity (Wildman–Crippen MR) is 72.4 cm³/mol. The van der Waals surface area contributed by atoms with E-state index in [1.165, 1.54) is 0 Å². The Morgan fingerprint density at radius 1 is 1.38 bits per heavy atom. The highest BCUT2D eigenvalue weighted by Crippen LogP contribution is 2.21. The van der Waals surface area contributed by atoms with E-state index in [0.717, 1.165) is 8.95 Å². The zero-order valence-corrected chi connectivity index (χ0v) is 11.7. The number of carbonyl (C=O) groups is 1. The molecule has 0 heterocycles. The molecule has 0 radical (unpaired) electrons. The molecule has 1 rings (SSSR count). The average Bonchev–Trinajstić information content (AvgIpc) is 2.24. The van der Waals surface area contributed by atoms with E-state index in [0.29, 0.717) is 18.7 Å². The van der Waals surface area contributed by atoms with Gasteiger partial charge >= 0.3 is 0 Å². The molecular weight excluding hydrogens is 336 g/mol. The number of amides is 1. The number of hydrogen-bond acceptors (Lipinski definition) is 2. The van der Waals surface area contributed by atoms with E-state index in [1.54, 1.807) is 12.1 Å². The lowest BCUT2D eigenvalue weighted by Gasteiger charge is -2.05. The minimum atomic E-state index is -0.110. The summed E-state index contributed by atoms with van der Waals surface area (Å²) >= 11 is 6.67. The number of hydrogen-bond donors (Lipinski definition) is 2. The van der Waals surface area contributed by atoms with E-state index in [-0.39, 0.29) is 5.91 Å². The maximum absolute atomic E-state index is 11.7. The fourth-order valence-corrected chi connectivity index (χ4v) is 2.33. The van der Waals surface area contributed by atoms with E-state index < -0.39 is 0 Å². The van der Waals surface area contributed by atoms with Crippen molar-refractivity contribution in [3.63, 3.8) is 0 Å². The van der Waals surface area contributed by atoms with Crippen LogP contribution in [0.5, 0.6) is 0 Å². The van der Waals surface area contributed by atoms with Gasteiger partial charge in [0, 0.05) is 22.0 Å². The quantitative estimate of drug-likeness (QED) is 0.822. The Bertz CT molecular complexity index is 405. The Kier molecular flexibility index (Phi) is 5.73. The average molecular weight is 348 g/mol. The summed E-state index contributed by atoms with van der Waals surface area (Å²) < 4.78 is 1.70. The second-order valence-corrected chi connectivity index (χ2v) is 4.81. The summed E-state index contributed by atoms with van der Waals surface area (Å²) in [6.07, 6.45) is 3.63. The molecule has 0 atom stereocenters. The minimum absolute atomic E-state index is 0.110. The molecule has 0 fully saturated rings. The largest absolute Gasteiger partial charge is 0.349 e. The number of halogens is 2. The van der Waals surface area contributed by atoms with Crippen LogP contribution in [0, 0.1) is 0 Å². The lowest BCUT2D eigenvalue weighted by atomic mass is 10.2. The maximum Gasteiger partial charge on any atom is 0.252 e. The monoisotopic (exact) mass is 346 g/mol. The first-order chi connectivity index (χ1) is 7.65. The number of nitrogens with one attached hydrogen (secondary N) is 1. The zero-order valence-electron chi connectivity index (χ0n) is 8.54. The Hall–Kier alpha value is -0.650. The molecule has 0 unspecified atom stereocenters. The highest BCUT2D eigenvalue weighted by Gasteiger charge is 2.08. The van der Waals surface area contributed by atoms with Gasteiger partial charge in [-0.3, -0.25) is 4.79 Å². The minimum Gasteiger partial charge on any atom is -0.349 e. The number of carbonyl (C=O) groups excluding carboxylic acids is 1. The van der Waals surface area contributed by atoms with Crippen LogP contribution in [0.2, 0.25) is 0 Å². The smallest absolute Gasteiger partial charge is 0.252 e. The van der Waals surface area contributed by atoms with Gasteiger partial charge in [0.25, 0.3) is 5.91 Å². The molecule has 1 aromatic carbocycles. The van der Waals surface area contributed by atoms with Crippen molar-refractivity contribution in [2.75, 3.05) is 13.1 Å². The summed E-state index contributed by atoms with van der Waals surface area (Å²) in [6, 6.07) is 5.43. The van der Waals surface area contributed by atoms with Gasteiger partial charge in [-0.15, -0.1) is 0 Å². The summed E-state index contributed by atoms with van der Waals surface area (Å²) in [5, 5.41) is 2.77. The molecular formula is C11H12Br2N2O. The standard InChI is InChI=1S/C11H12Br2N2O/c12-8-3-4-9(10(13)7-8)11(16)15-6-2-1-5-14/h1-4,7H,5-6,14H2,(H,15,16)/b2-1+. The molecule has 0 aliphatic heterocycles. The van der Waals surface area contributed by atoms with Gasteiger partial charge in [-0.05, 0) is 34.1 Å². The topological polar surface area (TPSA) is 55.1 Å². The summed E-state index contributed by atoms with van der Waals surface area (Å²) in [6.45, 7) is 0.969. The molecule has 3 nitrogen and oxygen atoms in total. The highest BCUT2D eigenvalue weighted by atomic mass is 79.9. The predicted octanol–water partition coefficient (Wildman–Crippen LogP) is 2.46. The van der Waals surface area contributed by atoms with Crippen molar-refractivity contribution < 1.29 is 4.79 Å². The third-order valence-corrected chi connectivity index (χ3v) is 3.01. The molecule has 0 saturated carbocycles. The van der Waals surface area contributed by atoms with Gasteiger partial charge in [-0.1, -0.05) is 28.1 Å². The Morgan fingerprint density at radius 2 is 2.12 bits per heavy atom. The SMILES string of the molecule is NC/C=C/CNC(=O)c1ccc(Br)cc1Br. The summed E-state index contributed by atoms with van der Waals surface area (Å²) in [7, 11) is 0. The lowest BCUT2D eigenvalue weighted by molar-refractivity contribution is 0.0957. The van der Waals surface area contributed by atoms with Gasteiger partial charge in [0.15, 0.2) is 0 Å². The van der Waals surface area contributed by atoms with Crippen molar-refractivity contribution in [1.82, 2.24) is 5.32 Å². The van der Waals surface area contributed by atoms with Crippen molar-refractivity contribution in [1.29, 1.82) is 0 Å². The first kappa shape index (κ1) is 13.4. The maximum atomic E-state index is 11.7. The molecule has 5 heteroatoms. The molecule has 0 saturated heterocycles. The summed E-state index contributed by atoms with van der Waals surface area (Å²) in [4.78, 5) is 11.7. The van der Waals surface area contributed by atoms with E-state index in [2.05, 4.69) is 37.2 Å².